The quantitative estimate of drug-likeness (QED) is 0.239. The van der Waals surface area contributed by atoms with E-state index >= 15 is 0 Å². The number of hydrogen-bond acceptors (Lipinski definition) is 2. The van der Waals surface area contributed by atoms with Crippen molar-refractivity contribution >= 4 is 0 Å². The van der Waals surface area contributed by atoms with Crippen molar-refractivity contribution < 1.29 is 9.47 Å². The van der Waals surface area contributed by atoms with Gasteiger partial charge in [0.15, 0.2) is 0 Å². The highest BCUT2D eigenvalue weighted by atomic mass is 16.5. The fraction of sp³-hybridized carbons (Fsp3) is 1.00. The lowest BCUT2D eigenvalue weighted by molar-refractivity contribution is 0.125. The minimum Gasteiger partial charge on any atom is -0.388 e. The monoisotopic (exact) mass is 344 g/mol. The molecule has 0 aromatic carbocycles. The molecule has 24 heavy (non-hydrogen) atoms. The summed E-state index contributed by atoms with van der Waals surface area (Å²) >= 11 is 0. The van der Waals surface area contributed by atoms with Crippen molar-refractivity contribution in [1.29, 1.82) is 0 Å². The van der Waals surface area contributed by atoms with Crippen LogP contribution in [0.25, 0.3) is 0 Å². The molecule has 0 heterocycles. The van der Waals surface area contributed by atoms with Crippen molar-refractivity contribution in [1.82, 2.24) is 0 Å². The second-order valence-electron chi connectivity index (χ2n) is 6.97. The lowest BCUT2D eigenvalue weighted by Gasteiger charge is -2.05. The van der Waals surface area contributed by atoms with Gasteiger partial charge in [0, 0.05) is 27.4 Å². The second kappa shape index (κ2) is 27.8. The molecule has 0 aliphatic rings. The van der Waals surface area contributed by atoms with E-state index in [9.17, 15) is 0 Å². The van der Waals surface area contributed by atoms with Crippen LogP contribution in [0.15, 0.2) is 0 Å². The van der Waals surface area contributed by atoms with Crippen LogP contribution >= 0.6 is 0 Å². The molecule has 148 valence electrons. The van der Waals surface area contributed by atoms with E-state index < -0.39 is 0 Å². The van der Waals surface area contributed by atoms with Gasteiger partial charge in [-0.05, 0) is 12.8 Å². The minimum atomic E-state index is 0.992. The lowest BCUT2D eigenvalue weighted by Crippen LogP contribution is -1.97. The first kappa shape index (κ1) is 26.2. The third-order valence-electron chi connectivity index (χ3n) is 4.28. The maximum Gasteiger partial charge on any atom is 0.0466 e. The summed E-state index contributed by atoms with van der Waals surface area (Å²) in [6, 6.07) is 0. The SMILES string of the molecule is CCCCCCCCCCOCCCCCCCCCC.COC. The third kappa shape index (κ3) is 29.9. The van der Waals surface area contributed by atoms with Gasteiger partial charge in [-0.2, -0.15) is 0 Å². The van der Waals surface area contributed by atoms with Gasteiger partial charge in [-0.1, -0.05) is 104 Å². The molecule has 0 radical (unpaired) electrons. The molecule has 0 aromatic heterocycles. The Kier molecular flexibility index (Phi) is 30.2. The third-order valence-corrected chi connectivity index (χ3v) is 4.28. The van der Waals surface area contributed by atoms with Crippen LogP contribution in [0.5, 0.6) is 0 Å². The summed E-state index contributed by atoms with van der Waals surface area (Å²) in [5.74, 6) is 0. The first-order valence-electron chi connectivity index (χ1n) is 10.8. The Morgan fingerprint density at radius 3 is 0.958 bits per heavy atom. The maximum atomic E-state index is 5.72. The second-order valence-corrected chi connectivity index (χ2v) is 6.97. The molecule has 0 aliphatic carbocycles. The van der Waals surface area contributed by atoms with Crippen LogP contribution in [0, 0.1) is 0 Å². The van der Waals surface area contributed by atoms with Gasteiger partial charge in [0.25, 0.3) is 0 Å². The van der Waals surface area contributed by atoms with Crippen molar-refractivity contribution in [3.8, 4) is 0 Å². The highest BCUT2D eigenvalue weighted by Gasteiger charge is 1.94. The van der Waals surface area contributed by atoms with Crippen LogP contribution in [0.1, 0.15) is 117 Å². The molecule has 0 spiro atoms. The van der Waals surface area contributed by atoms with Crippen LogP contribution in [0.3, 0.4) is 0 Å². The molecule has 0 amide bonds. The van der Waals surface area contributed by atoms with E-state index in [1.165, 1.54) is 103 Å². The van der Waals surface area contributed by atoms with Crippen LogP contribution in [-0.4, -0.2) is 27.4 Å². The average Bonchev–Trinajstić information content (AvgIpc) is 2.58. The molecule has 0 aromatic rings. The van der Waals surface area contributed by atoms with Gasteiger partial charge in [0.05, 0.1) is 0 Å². The van der Waals surface area contributed by atoms with Crippen LogP contribution in [0.2, 0.25) is 0 Å². The minimum absolute atomic E-state index is 0.992. The molecule has 0 atom stereocenters. The van der Waals surface area contributed by atoms with Gasteiger partial charge < -0.3 is 9.47 Å². The highest BCUT2D eigenvalue weighted by Crippen LogP contribution is 2.10. The molecule has 0 rings (SSSR count). The summed E-state index contributed by atoms with van der Waals surface area (Å²) in [5, 5.41) is 0. The molecule has 0 unspecified atom stereocenters. The van der Waals surface area contributed by atoms with E-state index in [-0.39, 0.29) is 0 Å². The fourth-order valence-electron chi connectivity index (χ4n) is 2.78. The van der Waals surface area contributed by atoms with Crippen molar-refractivity contribution in [2.45, 2.75) is 117 Å². The largest absolute Gasteiger partial charge is 0.388 e. The average molecular weight is 345 g/mol. The first-order valence-corrected chi connectivity index (χ1v) is 10.8. The topological polar surface area (TPSA) is 18.5 Å². The number of ether oxygens (including phenoxy) is 2. The van der Waals surface area contributed by atoms with E-state index in [4.69, 9.17) is 4.74 Å². The number of methoxy groups -OCH3 is 1. The molecule has 0 saturated heterocycles. The van der Waals surface area contributed by atoms with Crippen LogP contribution in [0.4, 0.5) is 0 Å². The normalized spacial score (nSPS) is 10.5. The molecular weight excluding hydrogens is 296 g/mol. The van der Waals surface area contributed by atoms with E-state index in [0.29, 0.717) is 0 Å². The first-order chi connectivity index (χ1) is 11.8. The molecule has 0 saturated carbocycles. The fourth-order valence-corrected chi connectivity index (χ4v) is 2.78. The Bertz CT molecular complexity index is 165. The predicted molar refractivity (Wildman–Crippen MR) is 109 cm³/mol. The summed E-state index contributed by atoms with van der Waals surface area (Å²) in [6.07, 6.45) is 22.2. The standard InChI is InChI=1S/C20H42O.C2H6O/c1-3-5-7-9-11-13-15-17-19-21-20-18-16-14-12-10-8-6-4-2;1-3-2/h3-20H2,1-2H3;1-2H3. The van der Waals surface area contributed by atoms with E-state index in [2.05, 4.69) is 18.6 Å². The van der Waals surface area contributed by atoms with Crippen LogP contribution in [-0.2, 0) is 9.47 Å². The zero-order valence-electron chi connectivity index (χ0n) is 17.5. The van der Waals surface area contributed by atoms with Gasteiger partial charge >= 0.3 is 0 Å². The molecular formula is C22H48O2. The summed E-state index contributed by atoms with van der Waals surface area (Å²) in [4.78, 5) is 0. The van der Waals surface area contributed by atoms with E-state index in [0.717, 1.165) is 13.2 Å². The zero-order chi connectivity index (χ0) is 18.1. The van der Waals surface area contributed by atoms with Gasteiger partial charge in [0.2, 0.25) is 0 Å². The lowest BCUT2D eigenvalue weighted by atomic mass is 10.1. The van der Waals surface area contributed by atoms with Gasteiger partial charge in [-0.25, -0.2) is 0 Å². The molecule has 0 fully saturated rings. The summed E-state index contributed by atoms with van der Waals surface area (Å²) < 4.78 is 9.97. The molecule has 0 bridgehead atoms. The van der Waals surface area contributed by atoms with E-state index in [1.54, 1.807) is 14.2 Å². The Labute approximate surface area is 154 Å². The maximum absolute atomic E-state index is 5.72. The van der Waals surface area contributed by atoms with Gasteiger partial charge in [0.1, 0.15) is 0 Å². The summed E-state index contributed by atoms with van der Waals surface area (Å²) in [7, 11) is 3.25. The van der Waals surface area contributed by atoms with Crippen molar-refractivity contribution in [3.05, 3.63) is 0 Å². The Morgan fingerprint density at radius 1 is 0.417 bits per heavy atom. The number of unbranched alkanes of at least 4 members (excludes halogenated alkanes) is 14. The smallest absolute Gasteiger partial charge is 0.0466 e. The number of rotatable bonds is 18. The van der Waals surface area contributed by atoms with E-state index in [1.807, 2.05) is 0 Å². The molecule has 0 N–H and O–H groups in total. The Hall–Kier alpha value is -0.0800. The van der Waals surface area contributed by atoms with Crippen molar-refractivity contribution in [2.75, 3.05) is 27.4 Å². The van der Waals surface area contributed by atoms with Gasteiger partial charge in [-0.15, -0.1) is 0 Å². The van der Waals surface area contributed by atoms with Crippen molar-refractivity contribution in [3.63, 3.8) is 0 Å². The number of hydrogen-bond donors (Lipinski definition) is 0. The van der Waals surface area contributed by atoms with Crippen LogP contribution < -0.4 is 0 Å². The summed E-state index contributed by atoms with van der Waals surface area (Å²) in [6.45, 7) is 6.55. The van der Waals surface area contributed by atoms with Gasteiger partial charge in [-0.3, -0.25) is 0 Å². The Balaban J connectivity index is 0. The van der Waals surface area contributed by atoms with Crippen molar-refractivity contribution in [2.24, 2.45) is 0 Å². The molecule has 2 heteroatoms. The summed E-state index contributed by atoms with van der Waals surface area (Å²) in [5.41, 5.74) is 0. The Morgan fingerprint density at radius 2 is 0.667 bits per heavy atom. The molecule has 2 nitrogen and oxygen atoms in total. The zero-order valence-corrected chi connectivity index (χ0v) is 17.5. The highest BCUT2D eigenvalue weighted by molar-refractivity contribution is 4.47. The predicted octanol–water partition coefficient (Wildman–Crippen LogP) is 7.55. The molecule has 0 aliphatic heterocycles.